The van der Waals surface area contributed by atoms with Crippen LogP contribution in [-0.4, -0.2) is 11.9 Å². The van der Waals surface area contributed by atoms with Gasteiger partial charge in [-0.25, -0.2) is 0 Å². The van der Waals surface area contributed by atoms with Crippen molar-refractivity contribution in [1.82, 2.24) is 0 Å². The van der Waals surface area contributed by atoms with Gasteiger partial charge in [-0.1, -0.05) is 23.8 Å². The highest BCUT2D eigenvalue weighted by Gasteiger charge is 2.38. The fraction of sp³-hybridized carbons (Fsp3) is 0.294. The average Bonchev–Trinajstić information content (AvgIpc) is 3.01. The second kappa shape index (κ2) is 5.93. The van der Waals surface area contributed by atoms with E-state index in [1.54, 1.807) is 4.90 Å². The van der Waals surface area contributed by atoms with Crippen LogP contribution in [0.4, 0.5) is 5.69 Å². The van der Waals surface area contributed by atoms with E-state index in [1.165, 1.54) is 11.3 Å². The van der Waals surface area contributed by atoms with E-state index in [0.29, 0.717) is 6.42 Å². The molecule has 0 spiro atoms. The highest BCUT2D eigenvalue weighted by atomic mass is 32.1. The van der Waals surface area contributed by atoms with E-state index < -0.39 is 17.9 Å². The summed E-state index contributed by atoms with van der Waals surface area (Å²) in [5.41, 5.74) is 1.83. The third-order valence-electron chi connectivity index (χ3n) is 4.05. The van der Waals surface area contributed by atoms with Gasteiger partial charge in [0, 0.05) is 28.9 Å². The smallest absolute Gasteiger partial charge is 0.227 e. The van der Waals surface area contributed by atoms with Crippen LogP contribution in [0.15, 0.2) is 41.8 Å². The number of piperidine rings is 1. The molecule has 2 heterocycles. The molecule has 1 aromatic heterocycles. The number of amides is 1. The summed E-state index contributed by atoms with van der Waals surface area (Å²) >= 11 is 1.47. The van der Waals surface area contributed by atoms with Gasteiger partial charge in [-0.15, -0.1) is 11.3 Å². The van der Waals surface area contributed by atoms with Gasteiger partial charge >= 0.3 is 0 Å². The molecule has 1 amide bonds. The maximum atomic E-state index is 12.5. The molecule has 4 nitrogen and oxygen atoms in total. The second-order valence-electron chi connectivity index (χ2n) is 5.52. The first-order chi connectivity index (χ1) is 10.6. The van der Waals surface area contributed by atoms with Gasteiger partial charge in [-0.3, -0.25) is 4.79 Å². The van der Waals surface area contributed by atoms with Crippen LogP contribution in [0.5, 0.6) is 0 Å². The summed E-state index contributed by atoms with van der Waals surface area (Å²) in [6, 6.07) is 10.8. The van der Waals surface area contributed by atoms with Crippen molar-refractivity contribution in [3.8, 4) is 0 Å². The lowest BCUT2D eigenvalue weighted by atomic mass is 9.87. The zero-order valence-corrected chi connectivity index (χ0v) is 13.0. The maximum Gasteiger partial charge on any atom is 0.227 e. The number of carboxylic acids is 1. The number of anilines is 1. The van der Waals surface area contributed by atoms with Gasteiger partial charge in [-0.2, -0.15) is 0 Å². The molecule has 5 heteroatoms. The minimum atomic E-state index is -1.09. The Hall–Kier alpha value is -2.14. The van der Waals surface area contributed by atoms with Gasteiger partial charge in [0.2, 0.25) is 5.91 Å². The van der Waals surface area contributed by atoms with Crippen molar-refractivity contribution < 1.29 is 14.7 Å². The highest BCUT2D eigenvalue weighted by molar-refractivity contribution is 7.10. The van der Waals surface area contributed by atoms with Crippen LogP contribution in [0.25, 0.3) is 0 Å². The summed E-state index contributed by atoms with van der Waals surface area (Å²) in [5, 5.41) is 13.5. The quantitative estimate of drug-likeness (QED) is 0.873. The molecule has 3 rings (SSSR count). The highest BCUT2D eigenvalue weighted by Crippen LogP contribution is 2.41. The summed E-state index contributed by atoms with van der Waals surface area (Å²) in [4.78, 5) is 26.5. The normalized spacial score (nSPS) is 21.9. The molecule has 22 heavy (non-hydrogen) atoms. The Labute approximate surface area is 133 Å². The van der Waals surface area contributed by atoms with E-state index in [4.69, 9.17) is 0 Å². The molecule has 114 valence electrons. The first kappa shape index (κ1) is 14.8. The van der Waals surface area contributed by atoms with Crippen LogP contribution >= 0.6 is 11.3 Å². The molecule has 1 aromatic carbocycles. The molecule has 1 fully saturated rings. The van der Waals surface area contributed by atoms with Gasteiger partial charge in [-0.05, 0) is 36.9 Å². The Balaban J connectivity index is 2.07. The lowest BCUT2D eigenvalue weighted by Gasteiger charge is -2.41. The molecule has 1 saturated heterocycles. The van der Waals surface area contributed by atoms with Crippen molar-refractivity contribution in [2.24, 2.45) is 5.92 Å². The maximum absolute atomic E-state index is 12.5. The minimum Gasteiger partial charge on any atom is -0.550 e. The van der Waals surface area contributed by atoms with Crippen LogP contribution in [0.1, 0.15) is 29.3 Å². The first-order valence-corrected chi connectivity index (χ1v) is 8.09. The fourth-order valence-corrected chi connectivity index (χ4v) is 3.81. The number of nitrogens with zero attached hydrogens (tertiary/aromatic N) is 1. The molecule has 1 aliphatic rings. The van der Waals surface area contributed by atoms with E-state index in [0.717, 1.165) is 16.1 Å². The number of carbonyl (C=O) groups excluding carboxylic acids is 2. The molecule has 2 atom stereocenters. The summed E-state index contributed by atoms with van der Waals surface area (Å²) in [5.74, 6) is -1.82. The van der Waals surface area contributed by atoms with Crippen LogP contribution in [0.2, 0.25) is 0 Å². The number of rotatable bonds is 3. The summed E-state index contributed by atoms with van der Waals surface area (Å²) in [7, 11) is 0. The van der Waals surface area contributed by atoms with Crippen molar-refractivity contribution in [3.63, 3.8) is 0 Å². The van der Waals surface area contributed by atoms with Crippen LogP contribution < -0.4 is 10.0 Å². The minimum absolute atomic E-state index is 0.0419. The predicted molar refractivity (Wildman–Crippen MR) is 83.5 cm³/mol. The molecule has 0 bridgehead atoms. The topological polar surface area (TPSA) is 60.4 Å². The third kappa shape index (κ3) is 2.64. The number of aryl methyl sites for hydroxylation is 1. The number of carbonyl (C=O) groups is 2. The fourth-order valence-electron chi connectivity index (χ4n) is 2.93. The van der Waals surface area contributed by atoms with E-state index in [-0.39, 0.29) is 12.3 Å². The molecule has 2 aromatic rings. The van der Waals surface area contributed by atoms with Gasteiger partial charge in [0.05, 0.1) is 6.04 Å². The molecule has 0 radical (unpaired) electrons. The van der Waals surface area contributed by atoms with Crippen molar-refractivity contribution >= 4 is 28.9 Å². The molecule has 0 unspecified atom stereocenters. The standard InChI is InChI=1S/C17H17NO3S/c1-11-4-6-12(7-5-11)18-15(19)9-8-13(17(20)21)16(18)14-3-2-10-22-14/h2-7,10,13,16H,8-9H2,1H3,(H,20,21)/p-1/t13-,16-/m1/s1. The average molecular weight is 314 g/mol. The number of aliphatic carboxylic acids is 1. The zero-order chi connectivity index (χ0) is 15.7. The molecule has 0 N–H and O–H groups in total. The van der Waals surface area contributed by atoms with Crippen molar-refractivity contribution in [3.05, 3.63) is 52.2 Å². The molecule has 0 aliphatic carbocycles. The van der Waals surface area contributed by atoms with Crippen LogP contribution in [0.3, 0.4) is 0 Å². The number of hydrogen-bond acceptors (Lipinski definition) is 4. The third-order valence-corrected chi connectivity index (χ3v) is 4.99. The number of carboxylic acid groups (broad SMARTS) is 1. The Morgan fingerprint density at radius 3 is 2.59 bits per heavy atom. The van der Waals surface area contributed by atoms with Gasteiger partial charge < -0.3 is 14.8 Å². The van der Waals surface area contributed by atoms with E-state index in [9.17, 15) is 14.7 Å². The molecular weight excluding hydrogens is 298 g/mol. The largest absolute Gasteiger partial charge is 0.550 e. The number of hydrogen-bond donors (Lipinski definition) is 0. The lowest BCUT2D eigenvalue weighted by Crippen LogP contribution is -2.48. The van der Waals surface area contributed by atoms with Crippen LogP contribution in [-0.2, 0) is 9.59 Å². The van der Waals surface area contributed by atoms with Crippen molar-refractivity contribution in [1.29, 1.82) is 0 Å². The molecule has 0 saturated carbocycles. The summed E-state index contributed by atoms with van der Waals surface area (Å²) in [6.45, 7) is 1.97. The number of benzene rings is 1. The van der Waals surface area contributed by atoms with Gasteiger partial charge in [0.15, 0.2) is 0 Å². The first-order valence-electron chi connectivity index (χ1n) is 7.21. The van der Waals surface area contributed by atoms with Crippen molar-refractivity contribution in [2.75, 3.05) is 4.90 Å². The predicted octanol–water partition coefficient (Wildman–Crippen LogP) is 2.29. The number of thiophene rings is 1. The zero-order valence-electron chi connectivity index (χ0n) is 12.2. The Morgan fingerprint density at radius 2 is 2.00 bits per heavy atom. The second-order valence-corrected chi connectivity index (χ2v) is 6.50. The molecular formula is C17H16NO3S-. The Bertz CT molecular complexity index is 678. The van der Waals surface area contributed by atoms with Gasteiger partial charge in [0.1, 0.15) is 0 Å². The summed E-state index contributed by atoms with van der Waals surface area (Å²) in [6.07, 6.45) is 0.556. The lowest BCUT2D eigenvalue weighted by molar-refractivity contribution is -0.312. The monoisotopic (exact) mass is 314 g/mol. The van der Waals surface area contributed by atoms with E-state index in [2.05, 4.69) is 0 Å². The van der Waals surface area contributed by atoms with Crippen LogP contribution in [0, 0.1) is 12.8 Å². The SMILES string of the molecule is Cc1ccc(N2C(=O)CC[C@@H](C(=O)[O-])[C@@H]2c2cccs2)cc1. The summed E-state index contributed by atoms with van der Waals surface area (Å²) < 4.78 is 0. The van der Waals surface area contributed by atoms with Gasteiger partial charge in [0.25, 0.3) is 0 Å². The van der Waals surface area contributed by atoms with E-state index >= 15 is 0 Å². The van der Waals surface area contributed by atoms with Crippen molar-refractivity contribution in [2.45, 2.75) is 25.8 Å². The Morgan fingerprint density at radius 1 is 1.27 bits per heavy atom. The Kier molecular flexibility index (Phi) is 3.98. The van der Waals surface area contributed by atoms with E-state index in [1.807, 2.05) is 48.7 Å². The molecule has 1 aliphatic heterocycles.